The van der Waals surface area contributed by atoms with Crippen molar-refractivity contribution in [3.05, 3.63) is 54.1 Å². The summed E-state index contributed by atoms with van der Waals surface area (Å²) in [5.41, 5.74) is -0.0631. The van der Waals surface area contributed by atoms with E-state index in [0.29, 0.717) is 5.69 Å². The van der Waals surface area contributed by atoms with E-state index in [1.54, 1.807) is 12.1 Å². The molecule has 2 N–H and O–H groups in total. The van der Waals surface area contributed by atoms with Gasteiger partial charge in [-0.2, -0.15) is 13.2 Å². The Balaban J connectivity index is 1.64. The van der Waals surface area contributed by atoms with Crippen LogP contribution in [-0.2, 0) is 15.8 Å². The molecule has 3 rings (SSSR count). The van der Waals surface area contributed by atoms with E-state index in [1.165, 1.54) is 12.1 Å². The second kappa shape index (κ2) is 7.69. The smallest absolute Gasteiger partial charge is 0.372 e. The first kappa shape index (κ1) is 18.8. The van der Waals surface area contributed by atoms with Gasteiger partial charge in [-0.1, -0.05) is 12.1 Å². The van der Waals surface area contributed by atoms with Crippen molar-refractivity contribution in [2.24, 2.45) is 0 Å². The van der Waals surface area contributed by atoms with Crippen molar-refractivity contribution in [2.45, 2.75) is 19.0 Å². The molecule has 27 heavy (non-hydrogen) atoms. The molecule has 8 heteroatoms. The molecule has 0 saturated carbocycles. The third-order valence-corrected chi connectivity index (χ3v) is 4.28. The van der Waals surface area contributed by atoms with Gasteiger partial charge in [-0.15, -0.1) is 0 Å². The van der Waals surface area contributed by atoms with Crippen molar-refractivity contribution in [1.29, 1.82) is 0 Å². The number of nitrogens with one attached hydrogen (secondary N) is 2. The molecule has 1 saturated heterocycles. The summed E-state index contributed by atoms with van der Waals surface area (Å²) >= 11 is 0. The summed E-state index contributed by atoms with van der Waals surface area (Å²) in [5, 5.41) is 4.40. The molecular weight excluding hydrogens is 359 g/mol. The first-order chi connectivity index (χ1) is 12.8. The first-order valence-electron chi connectivity index (χ1n) is 8.48. The number of anilines is 3. The molecule has 0 aliphatic carbocycles. The Morgan fingerprint density at radius 1 is 0.852 bits per heavy atom. The van der Waals surface area contributed by atoms with Crippen LogP contribution in [0.25, 0.3) is 0 Å². The van der Waals surface area contributed by atoms with E-state index in [2.05, 4.69) is 10.2 Å². The predicted octanol–water partition coefficient (Wildman–Crippen LogP) is 3.88. The van der Waals surface area contributed by atoms with Gasteiger partial charge in [0.25, 0.3) is 0 Å². The molecule has 0 bridgehead atoms. The fourth-order valence-corrected chi connectivity index (χ4v) is 2.94. The van der Waals surface area contributed by atoms with E-state index in [9.17, 15) is 22.8 Å². The lowest BCUT2D eigenvalue weighted by atomic mass is 10.1. The molecule has 1 heterocycles. The van der Waals surface area contributed by atoms with Gasteiger partial charge in [0.1, 0.15) is 0 Å². The van der Waals surface area contributed by atoms with Gasteiger partial charge < -0.3 is 15.5 Å². The molecule has 0 aromatic heterocycles. The Labute approximate surface area is 154 Å². The summed E-state index contributed by atoms with van der Waals surface area (Å²) in [4.78, 5) is 26.2. The number of carbonyl (C=O) groups excluding carboxylic acids is 2. The number of hydrogen-bond donors (Lipinski definition) is 2. The Morgan fingerprint density at radius 2 is 1.44 bits per heavy atom. The molecule has 5 nitrogen and oxygen atoms in total. The molecule has 0 spiro atoms. The molecule has 2 aromatic carbocycles. The van der Waals surface area contributed by atoms with Crippen LogP contribution in [0.1, 0.15) is 18.4 Å². The second-order valence-corrected chi connectivity index (χ2v) is 6.19. The highest BCUT2D eigenvalue weighted by atomic mass is 19.4. The van der Waals surface area contributed by atoms with Crippen molar-refractivity contribution in [1.82, 2.24) is 0 Å². The zero-order valence-electron chi connectivity index (χ0n) is 14.3. The molecule has 2 aromatic rings. The maximum absolute atomic E-state index is 13.0. The van der Waals surface area contributed by atoms with E-state index < -0.39 is 29.2 Å². The molecule has 0 radical (unpaired) electrons. The van der Waals surface area contributed by atoms with Crippen LogP contribution in [0.4, 0.5) is 30.2 Å². The van der Waals surface area contributed by atoms with Gasteiger partial charge in [-0.3, -0.25) is 9.59 Å². The van der Waals surface area contributed by atoms with Crippen molar-refractivity contribution >= 4 is 28.9 Å². The topological polar surface area (TPSA) is 61.4 Å². The van der Waals surface area contributed by atoms with Gasteiger partial charge in [-0.25, -0.2) is 0 Å². The number of halogens is 3. The van der Waals surface area contributed by atoms with E-state index in [0.717, 1.165) is 43.8 Å². The predicted molar refractivity (Wildman–Crippen MR) is 96.6 cm³/mol. The number of rotatable bonds is 3. The number of para-hydroxylation sites is 1. The molecule has 0 atom stereocenters. The van der Waals surface area contributed by atoms with Crippen molar-refractivity contribution in [3.8, 4) is 0 Å². The summed E-state index contributed by atoms with van der Waals surface area (Å²) < 4.78 is 38.9. The molecule has 1 fully saturated rings. The van der Waals surface area contributed by atoms with Crippen molar-refractivity contribution in [3.63, 3.8) is 0 Å². The highest BCUT2D eigenvalue weighted by molar-refractivity contribution is 6.43. The largest absolute Gasteiger partial charge is 0.418 e. The number of amides is 2. The van der Waals surface area contributed by atoms with Gasteiger partial charge in [0.2, 0.25) is 0 Å². The van der Waals surface area contributed by atoms with Crippen LogP contribution in [-0.4, -0.2) is 24.9 Å². The molecule has 1 aliphatic heterocycles. The molecule has 0 unspecified atom stereocenters. The number of hydrogen-bond acceptors (Lipinski definition) is 3. The summed E-state index contributed by atoms with van der Waals surface area (Å²) in [6, 6.07) is 11.5. The van der Waals surface area contributed by atoms with Gasteiger partial charge in [0.05, 0.1) is 11.3 Å². The summed E-state index contributed by atoms with van der Waals surface area (Å²) in [6.45, 7) is 1.96. The standard InChI is InChI=1S/C19H18F3N3O2/c20-19(21,22)15-5-1-2-6-16(15)24-18(27)17(26)23-13-7-9-14(10-8-13)25-11-3-4-12-25/h1-2,5-10H,3-4,11-12H2,(H,23,26)(H,24,27). The first-order valence-corrected chi connectivity index (χ1v) is 8.48. The zero-order valence-corrected chi connectivity index (χ0v) is 14.3. The third-order valence-electron chi connectivity index (χ3n) is 4.28. The van der Waals surface area contributed by atoms with Crippen LogP contribution < -0.4 is 15.5 Å². The van der Waals surface area contributed by atoms with Crippen molar-refractivity contribution < 1.29 is 22.8 Å². The monoisotopic (exact) mass is 377 g/mol. The third kappa shape index (κ3) is 4.58. The van der Waals surface area contributed by atoms with Crippen LogP contribution in [0.2, 0.25) is 0 Å². The molecule has 2 amide bonds. The maximum atomic E-state index is 13.0. The summed E-state index contributed by atoms with van der Waals surface area (Å²) in [5.74, 6) is -2.21. The zero-order chi connectivity index (χ0) is 19.4. The number of benzene rings is 2. The number of alkyl halides is 3. The van der Waals surface area contributed by atoms with Crippen molar-refractivity contribution in [2.75, 3.05) is 28.6 Å². The van der Waals surface area contributed by atoms with Gasteiger partial charge in [0.15, 0.2) is 0 Å². The second-order valence-electron chi connectivity index (χ2n) is 6.19. The van der Waals surface area contributed by atoms with E-state index >= 15 is 0 Å². The average molecular weight is 377 g/mol. The van der Waals surface area contributed by atoms with Gasteiger partial charge in [0, 0.05) is 24.5 Å². The van der Waals surface area contributed by atoms with Gasteiger partial charge in [-0.05, 0) is 49.2 Å². The van der Waals surface area contributed by atoms with Gasteiger partial charge >= 0.3 is 18.0 Å². The van der Waals surface area contributed by atoms with E-state index in [-0.39, 0.29) is 0 Å². The molecule has 142 valence electrons. The minimum Gasteiger partial charge on any atom is -0.372 e. The van der Waals surface area contributed by atoms with E-state index in [4.69, 9.17) is 0 Å². The Morgan fingerprint density at radius 3 is 2.07 bits per heavy atom. The molecular formula is C19H18F3N3O2. The van der Waals surface area contributed by atoms with Crippen LogP contribution in [0, 0.1) is 0 Å². The Bertz CT molecular complexity index is 829. The van der Waals surface area contributed by atoms with Crippen LogP contribution in [0.5, 0.6) is 0 Å². The quantitative estimate of drug-likeness (QED) is 0.798. The lowest BCUT2D eigenvalue weighted by molar-refractivity contribution is -0.137. The van der Waals surface area contributed by atoms with E-state index in [1.807, 2.05) is 17.4 Å². The number of carbonyl (C=O) groups is 2. The fraction of sp³-hybridized carbons (Fsp3) is 0.263. The Kier molecular flexibility index (Phi) is 5.34. The normalized spacial score (nSPS) is 14.1. The summed E-state index contributed by atoms with van der Waals surface area (Å²) in [7, 11) is 0. The SMILES string of the molecule is O=C(Nc1ccc(N2CCCC2)cc1)C(=O)Nc1ccccc1C(F)(F)F. The van der Waals surface area contributed by atoms with Crippen LogP contribution >= 0.6 is 0 Å². The Hall–Kier alpha value is -3.03. The minimum atomic E-state index is -4.63. The fourth-order valence-electron chi connectivity index (χ4n) is 2.94. The lowest BCUT2D eigenvalue weighted by Gasteiger charge is -2.17. The average Bonchev–Trinajstić information content (AvgIpc) is 3.16. The maximum Gasteiger partial charge on any atom is 0.418 e. The minimum absolute atomic E-state index is 0.391. The summed E-state index contributed by atoms with van der Waals surface area (Å²) in [6.07, 6.45) is -2.36. The van der Waals surface area contributed by atoms with Crippen LogP contribution in [0.15, 0.2) is 48.5 Å². The molecule has 1 aliphatic rings. The van der Waals surface area contributed by atoms with Crippen LogP contribution in [0.3, 0.4) is 0 Å². The highest BCUT2D eigenvalue weighted by Crippen LogP contribution is 2.34. The lowest BCUT2D eigenvalue weighted by Crippen LogP contribution is -2.30. The highest BCUT2D eigenvalue weighted by Gasteiger charge is 2.34. The number of nitrogens with zero attached hydrogens (tertiary/aromatic N) is 1.